The van der Waals surface area contributed by atoms with Gasteiger partial charge in [0.25, 0.3) is 0 Å². The van der Waals surface area contributed by atoms with Crippen LogP contribution in [0.15, 0.2) is 0 Å². The van der Waals surface area contributed by atoms with Crippen LogP contribution in [0.3, 0.4) is 0 Å². The van der Waals surface area contributed by atoms with E-state index in [-0.39, 0.29) is 11.7 Å². The zero-order valence-electron chi connectivity index (χ0n) is 5.89. The van der Waals surface area contributed by atoms with Gasteiger partial charge in [-0.1, -0.05) is 0 Å². The molecule has 10 heavy (non-hydrogen) atoms. The van der Waals surface area contributed by atoms with Crippen LogP contribution in [-0.2, 0) is 4.79 Å². The normalized spacial score (nSPS) is 9.20. The molecule has 0 aromatic rings. The zero-order valence-corrected chi connectivity index (χ0v) is 5.89. The van der Waals surface area contributed by atoms with Gasteiger partial charge in [0.15, 0.2) is 0 Å². The third-order valence-corrected chi connectivity index (χ3v) is 1.12. The Bertz CT molecular complexity index is 117. The van der Waals surface area contributed by atoms with Crippen molar-refractivity contribution in [3.8, 4) is 0 Å². The van der Waals surface area contributed by atoms with Crippen LogP contribution in [0.4, 0.5) is 0 Å². The number of nitrogens with one attached hydrogen (secondary N) is 1. The van der Waals surface area contributed by atoms with E-state index in [1.54, 1.807) is 0 Å². The van der Waals surface area contributed by atoms with Gasteiger partial charge in [0, 0.05) is 12.8 Å². The highest BCUT2D eigenvalue weighted by atomic mass is 16.1. The van der Waals surface area contributed by atoms with E-state index in [1.165, 1.54) is 0 Å². The second-order valence-corrected chi connectivity index (χ2v) is 2.20. The second kappa shape index (κ2) is 4.78. The molecule has 1 amide bonds. The predicted molar refractivity (Wildman–Crippen MR) is 39.6 cm³/mol. The van der Waals surface area contributed by atoms with E-state index >= 15 is 0 Å². The fourth-order valence-electron chi connectivity index (χ4n) is 0.615. The molecule has 0 unspecified atom stereocenters. The molecular weight excluding hydrogens is 130 g/mol. The summed E-state index contributed by atoms with van der Waals surface area (Å²) in [6, 6.07) is 0. The van der Waals surface area contributed by atoms with Crippen molar-refractivity contribution < 1.29 is 4.79 Å². The first-order valence-corrected chi connectivity index (χ1v) is 3.24. The van der Waals surface area contributed by atoms with Gasteiger partial charge in [-0.05, 0) is 12.8 Å². The van der Waals surface area contributed by atoms with Crippen LogP contribution in [-0.4, -0.2) is 11.7 Å². The van der Waals surface area contributed by atoms with Crippen molar-refractivity contribution in [2.24, 2.45) is 11.5 Å². The molecule has 5 N–H and O–H groups in total. The molecule has 0 radical (unpaired) electrons. The van der Waals surface area contributed by atoms with E-state index < -0.39 is 0 Å². The van der Waals surface area contributed by atoms with Crippen molar-refractivity contribution in [3.05, 3.63) is 0 Å². The Kier molecular flexibility index (Phi) is 4.28. The zero-order chi connectivity index (χ0) is 7.98. The molecule has 0 heterocycles. The summed E-state index contributed by atoms with van der Waals surface area (Å²) in [5.74, 6) is -0.118. The lowest BCUT2D eigenvalue weighted by atomic mass is 10.2. The first-order chi connectivity index (χ1) is 4.63. The summed E-state index contributed by atoms with van der Waals surface area (Å²) in [6.45, 7) is 0. The Balaban J connectivity index is 3.06. The molecule has 0 saturated carbocycles. The molecule has 0 aliphatic carbocycles. The SMILES string of the molecule is N=C(N)CCCCC(N)=O. The second-order valence-electron chi connectivity index (χ2n) is 2.20. The summed E-state index contributed by atoms with van der Waals surface area (Å²) in [4.78, 5) is 10.2. The Labute approximate surface area is 60.1 Å². The minimum atomic E-state index is -0.288. The Morgan fingerprint density at radius 1 is 1.20 bits per heavy atom. The van der Waals surface area contributed by atoms with Gasteiger partial charge in [0.05, 0.1) is 5.84 Å². The Hall–Kier alpha value is -1.06. The summed E-state index contributed by atoms with van der Waals surface area (Å²) in [7, 11) is 0. The highest BCUT2D eigenvalue weighted by Crippen LogP contribution is 1.97. The van der Waals surface area contributed by atoms with Gasteiger partial charge in [-0.15, -0.1) is 0 Å². The standard InChI is InChI=1S/C6H13N3O/c7-5(8)3-1-2-4-6(9)10/h1-4H2,(H3,7,8)(H2,9,10). The maximum Gasteiger partial charge on any atom is 0.217 e. The highest BCUT2D eigenvalue weighted by molar-refractivity contribution is 5.77. The Morgan fingerprint density at radius 2 is 1.70 bits per heavy atom. The van der Waals surface area contributed by atoms with Gasteiger partial charge in [-0.2, -0.15) is 0 Å². The van der Waals surface area contributed by atoms with Crippen LogP contribution in [0.5, 0.6) is 0 Å². The molecule has 0 rings (SSSR count). The number of rotatable bonds is 5. The minimum absolute atomic E-state index is 0.171. The number of hydrogen-bond donors (Lipinski definition) is 3. The van der Waals surface area contributed by atoms with E-state index in [4.69, 9.17) is 16.9 Å². The van der Waals surface area contributed by atoms with Gasteiger partial charge in [0.2, 0.25) is 5.91 Å². The van der Waals surface area contributed by atoms with E-state index in [0.717, 1.165) is 12.8 Å². The van der Waals surface area contributed by atoms with E-state index in [1.807, 2.05) is 0 Å². The average molecular weight is 143 g/mol. The van der Waals surface area contributed by atoms with Crippen molar-refractivity contribution in [2.75, 3.05) is 0 Å². The maximum absolute atomic E-state index is 10.2. The number of carbonyl (C=O) groups excluding carboxylic acids is 1. The first kappa shape index (κ1) is 8.94. The number of hydrogen-bond acceptors (Lipinski definition) is 2. The lowest BCUT2D eigenvalue weighted by Crippen LogP contribution is -2.11. The fourth-order valence-corrected chi connectivity index (χ4v) is 0.615. The van der Waals surface area contributed by atoms with E-state index in [2.05, 4.69) is 0 Å². The van der Waals surface area contributed by atoms with Crippen LogP contribution < -0.4 is 11.5 Å². The van der Waals surface area contributed by atoms with Crippen molar-refractivity contribution in [3.63, 3.8) is 0 Å². The quantitative estimate of drug-likeness (QED) is 0.286. The fraction of sp³-hybridized carbons (Fsp3) is 0.667. The number of carbonyl (C=O) groups is 1. The topological polar surface area (TPSA) is 93.0 Å². The molecular formula is C6H13N3O. The van der Waals surface area contributed by atoms with Crippen LogP contribution >= 0.6 is 0 Å². The molecule has 0 saturated heterocycles. The number of nitrogens with two attached hydrogens (primary N) is 2. The molecule has 0 spiro atoms. The van der Waals surface area contributed by atoms with E-state index in [9.17, 15) is 4.79 Å². The molecule has 0 aliphatic heterocycles. The first-order valence-electron chi connectivity index (χ1n) is 3.24. The minimum Gasteiger partial charge on any atom is -0.388 e. The molecule has 0 aromatic heterocycles. The van der Waals surface area contributed by atoms with Crippen LogP contribution in [0.25, 0.3) is 0 Å². The smallest absolute Gasteiger partial charge is 0.217 e. The maximum atomic E-state index is 10.2. The summed E-state index contributed by atoms with van der Waals surface area (Å²) >= 11 is 0. The van der Waals surface area contributed by atoms with Gasteiger partial charge < -0.3 is 11.5 Å². The highest BCUT2D eigenvalue weighted by Gasteiger charge is 1.94. The Morgan fingerprint density at radius 3 is 2.10 bits per heavy atom. The summed E-state index contributed by atoms with van der Waals surface area (Å²) in [5, 5.41) is 6.84. The molecule has 4 nitrogen and oxygen atoms in total. The number of primary amides is 1. The molecule has 0 aromatic carbocycles. The van der Waals surface area contributed by atoms with Gasteiger partial charge in [-0.3, -0.25) is 10.2 Å². The van der Waals surface area contributed by atoms with Gasteiger partial charge in [0.1, 0.15) is 0 Å². The molecule has 0 atom stereocenters. The van der Waals surface area contributed by atoms with Crippen molar-refractivity contribution in [1.82, 2.24) is 0 Å². The third kappa shape index (κ3) is 6.94. The molecule has 0 aliphatic rings. The van der Waals surface area contributed by atoms with Crippen LogP contribution in [0, 0.1) is 5.41 Å². The van der Waals surface area contributed by atoms with Crippen molar-refractivity contribution >= 4 is 11.7 Å². The summed E-state index contributed by atoms with van der Waals surface area (Å²) in [6.07, 6.45) is 2.47. The van der Waals surface area contributed by atoms with Crippen molar-refractivity contribution in [2.45, 2.75) is 25.7 Å². The van der Waals surface area contributed by atoms with Crippen LogP contribution in [0.1, 0.15) is 25.7 Å². The lowest BCUT2D eigenvalue weighted by molar-refractivity contribution is -0.118. The van der Waals surface area contributed by atoms with E-state index in [0.29, 0.717) is 12.8 Å². The number of amides is 1. The summed E-state index contributed by atoms with van der Waals surface area (Å²) < 4.78 is 0. The van der Waals surface area contributed by atoms with Gasteiger partial charge >= 0.3 is 0 Å². The largest absolute Gasteiger partial charge is 0.388 e. The van der Waals surface area contributed by atoms with Crippen molar-refractivity contribution in [1.29, 1.82) is 5.41 Å². The van der Waals surface area contributed by atoms with Crippen LogP contribution in [0.2, 0.25) is 0 Å². The monoisotopic (exact) mass is 143 g/mol. The average Bonchev–Trinajstić information content (AvgIpc) is 1.79. The lowest BCUT2D eigenvalue weighted by Gasteiger charge is -1.95. The molecule has 58 valence electrons. The number of unbranched alkanes of at least 4 members (excludes halogenated alkanes) is 1. The van der Waals surface area contributed by atoms with Gasteiger partial charge in [-0.25, -0.2) is 0 Å². The molecule has 4 heteroatoms. The number of amidine groups is 1. The molecule has 0 bridgehead atoms. The summed E-state index contributed by atoms with van der Waals surface area (Å²) in [5.41, 5.74) is 9.96. The molecule has 0 fully saturated rings. The predicted octanol–water partition coefficient (Wildman–Crippen LogP) is -0.0319. The third-order valence-electron chi connectivity index (χ3n) is 1.12.